The standard InChI is InChI=1S/C8H14ClNO/c1-8(2,6-9)10-5-3-4-7(10)11/h3-6H2,1-2H3. The molecule has 0 N–H and O–H groups in total. The van der Waals surface area contributed by atoms with Crippen LogP contribution in [-0.2, 0) is 4.79 Å². The van der Waals surface area contributed by atoms with Gasteiger partial charge in [-0.05, 0) is 20.3 Å². The Bertz CT molecular complexity index is 167. The first-order valence-corrected chi connectivity index (χ1v) is 4.48. The third kappa shape index (κ3) is 1.67. The fourth-order valence-corrected chi connectivity index (χ4v) is 1.50. The number of nitrogens with zero attached hydrogens (tertiary/aromatic N) is 1. The van der Waals surface area contributed by atoms with Crippen molar-refractivity contribution >= 4 is 17.5 Å². The van der Waals surface area contributed by atoms with E-state index >= 15 is 0 Å². The maximum absolute atomic E-state index is 11.2. The summed E-state index contributed by atoms with van der Waals surface area (Å²) in [6.45, 7) is 4.88. The van der Waals surface area contributed by atoms with Crippen molar-refractivity contribution in [3.8, 4) is 0 Å². The van der Waals surface area contributed by atoms with Crippen LogP contribution in [0.4, 0.5) is 0 Å². The molecule has 1 rings (SSSR count). The SMILES string of the molecule is CC(C)(CCl)N1CCCC1=O. The van der Waals surface area contributed by atoms with Crippen molar-refractivity contribution in [3.63, 3.8) is 0 Å². The average molecular weight is 176 g/mol. The summed E-state index contributed by atoms with van der Waals surface area (Å²) >= 11 is 5.74. The highest BCUT2D eigenvalue weighted by molar-refractivity contribution is 6.18. The number of carbonyl (C=O) groups excluding carboxylic acids is 1. The minimum atomic E-state index is -0.158. The Kier molecular flexibility index (Phi) is 2.43. The number of hydrogen-bond donors (Lipinski definition) is 0. The van der Waals surface area contributed by atoms with Crippen molar-refractivity contribution < 1.29 is 4.79 Å². The third-order valence-electron chi connectivity index (χ3n) is 2.13. The first-order valence-electron chi connectivity index (χ1n) is 3.94. The first-order chi connectivity index (χ1) is 5.08. The van der Waals surface area contributed by atoms with Crippen LogP contribution in [0.25, 0.3) is 0 Å². The smallest absolute Gasteiger partial charge is 0.223 e. The summed E-state index contributed by atoms with van der Waals surface area (Å²) in [6.07, 6.45) is 1.68. The average Bonchev–Trinajstić information content (AvgIpc) is 2.36. The van der Waals surface area contributed by atoms with Crippen LogP contribution in [0.5, 0.6) is 0 Å². The molecule has 0 aliphatic carbocycles. The summed E-state index contributed by atoms with van der Waals surface area (Å²) in [5.41, 5.74) is -0.158. The second kappa shape index (κ2) is 3.02. The van der Waals surface area contributed by atoms with Crippen LogP contribution in [0.15, 0.2) is 0 Å². The molecule has 2 nitrogen and oxygen atoms in total. The van der Waals surface area contributed by atoms with Gasteiger partial charge in [-0.25, -0.2) is 0 Å². The molecule has 1 fully saturated rings. The molecule has 3 heteroatoms. The van der Waals surface area contributed by atoms with Crippen molar-refractivity contribution in [3.05, 3.63) is 0 Å². The van der Waals surface area contributed by atoms with Crippen LogP contribution in [0.2, 0.25) is 0 Å². The largest absolute Gasteiger partial charge is 0.336 e. The van der Waals surface area contributed by atoms with E-state index in [1.54, 1.807) is 0 Å². The van der Waals surface area contributed by atoms with Gasteiger partial charge in [-0.1, -0.05) is 0 Å². The molecule has 0 radical (unpaired) electrons. The fourth-order valence-electron chi connectivity index (χ4n) is 1.36. The molecule has 0 atom stereocenters. The second-order valence-electron chi connectivity index (χ2n) is 3.59. The summed E-state index contributed by atoms with van der Waals surface area (Å²) in [7, 11) is 0. The highest BCUT2D eigenvalue weighted by Gasteiger charge is 2.32. The molecule has 64 valence electrons. The van der Waals surface area contributed by atoms with Gasteiger partial charge in [0, 0.05) is 18.8 Å². The van der Waals surface area contributed by atoms with Gasteiger partial charge in [0.2, 0.25) is 5.91 Å². The normalized spacial score (nSPS) is 19.5. The highest BCUT2D eigenvalue weighted by Crippen LogP contribution is 2.22. The molecule has 1 saturated heterocycles. The number of carbonyl (C=O) groups is 1. The van der Waals surface area contributed by atoms with E-state index in [4.69, 9.17) is 11.6 Å². The minimum absolute atomic E-state index is 0.158. The molecule has 0 bridgehead atoms. The van der Waals surface area contributed by atoms with Crippen LogP contribution in [-0.4, -0.2) is 28.8 Å². The Morgan fingerprint density at radius 1 is 1.64 bits per heavy atom. The minimum Gasteiger partial charge on any atom is -0.336 e. The summed E-state index contributed by atoms with van der Waals surface area (Å²) < 4.78 is 0. The van der Waals surface area contributed by atoms with Crippen LogP contribution < -0.4 is 0 Å². The zero-order valence-electron chi connectivity index (χ0n) is 7.06. The molecule has 1 aliphatic heterocycles. The molecule has 0 saturated carbocycles. The Balaban J connectivity index is 2.65. The summed E-state index contributed by atoms with van der Waals surface area (Å²) in [6, 6.07) is 0. The van der Waals surface area contributed by atoms with E-state index in [9.17, 15) is 4.79 Å². The highest BCUT2D eigenvalue weighted by atomic mass is 35.5. The van der Waals surface area contributed by atoms with Gasteiger partial charge < -0.3 is 4.90 Å². The van der Waals surface area contributed by atoms with Gasteiger partial charge in [-0.15, -0.1) is 11.6 Å². The molecule has 0 aromatic carbocycles. The molecule has 1 amide bonds. The van der Waals surface area contributed by atoms with Gasteiger partial charge in [0.15, 0.2) is 0 Å². The maximum Gasteiger partial charge on any atom is 0.223 e. The first kappa shape index (κ1) is 8.85. The topological polar surface area (TPSA) is 20.3 Å². The fraction of sp³-hybridized carbons (Fsp3) is 0.875. The summed E-state index contributed by atoms with van der Waals surface area (Å²) in [4.78, 5) is 13.1. The van der Waals surface area contributed by atoms with Crippen molar-refractivity contribution in [1.82, 2.24) is 4.90 Å². The Hall–Kier alpha value is -0.240. The quantitative estimate of drug-likeness (QED) is 0.585. The van der Waals surface area contributed by atoms with E-state index in [2.05, 4.69) is 0 Å². The number of rotatable bonds is 2. The van der Waals surface area contributed by atoms with E-state index in [0.29, 0.717) is 12.3 Å². The van der Waals surface area contributed by atoms with Crippen LogP contribution in [0, 0.1) is 0 Å². The zero-order valence-corrected chi connectivity index (χ0v) is 7.82. The molecule has 0 unspecified atom stereocenters. The molecule has 0 aromatic heterocycles. The number of hydrogen-bond acceptors (Lipinski definition) is 1. The predicted molar refractivity (Wildman–Crippen MR) is 45.7 cm³/mol. The van der Waals surface area contributed by atoms with Gasteiger partial charge in [0.1, 0.15) is 0 Å². The Morgan fingerprint density at radius 2 is 2.27 bits per heavy atom. The van der Waals surface area contributed by atoms with Crippen LogP contribution in [0.1, 0.15) is 26.7 Å². The lowest BCUT2D eigenvalue weighted by molar-refractivity contribution is -0.131. The Morgan fingerprint density at radius 3 is 2.64 bits per heavy atom. The van der Waals surface area contributed by atoms with Crippen molar-refractivity contribution in [2.45, 2.75) is 32.2 Å². The monoisotopic (exact) mass is 175 g/mol. The predicted octanol–water partition coefficient (Wildman–Crippen LogP) is 1.63. The van der Waals surface area contributed by atoms with E-state index in [1.807, 2.05) is 18.7 Å². The number of alkyl halides is 1. The lowest BCUT2D eigenvalue weighted by atomic mass is 10.1. The second-order valence-corrected chi connectivity index (χ2v) is 3.86. The Labute approximate surface area is 72.5 Å². The molecule has 1 aliphatic rings. The van der Waals surface area contributed by atoms with Gasteiger partial charge in [0.05, 0.1) is 5.54 Å². The van der Waals surface area contributed by atoms with Gasteiger partial charge >= 0.3 is 0 Å². The molecule has 1 heterocycles. The number of likely N-dealkylation sites (tertiary alicyclic amines) is 1. The van der Waals surface area contributed by atoms with Gasteiger partial charge in [-0.3, -0.25) is 4.79 Å². The summed E-state index contributed by atoms with van der Waals surface area (Å²) in [5, 5.41) is 0. The third-order valence-corrected chi connectivity index (χ3v) is 2.79. The molecular weight excluding hydrogens is 162 g/mol. The van der Waals surface area contributed by atoms with E-state index in [-0.39, 0.29) is 11.4 Å². The maximum atomic E-state index is 11.2. The van der Waals surface area contributed by atoms with Crippen LogP contribution in [0.3, 0.4) is 0 Å². The zero-order chi connectivity index (χ0) is 8.48. The molecule has 0 spiro atoms. The lowest BCUT2D eigenvalue weighted by Crippen LogP contribution is -2.46. The van der Waals surface area contributed by atoms with Crippen molar-refractivity contribution in [1.29, 1.82) is 0 Å². The molecule has 0 aromatic rings. The molecular formula is C8H14ClNO. The number of halogens is 1. The lowest BCUT2D eigenvalue weighted by Gasteiger charge is -2.33. The summed E-state index contributed by atoms with van der Waals surface area (Å²) in [5.74, 6) is 0.759. The van der Waals surface area contributed by atoms with E-state index in [0.717, 1.165) is 13.0 Å². The van der Waals surface area contributed by atoms with Crippen LogP contribution >= 0.6 is 11.6 Å². The van der Waals surface area contributed by atoms with E-state index < -0.39 is 0 Å². The number of amides is 1. The molecule has 11 heavy (non-hydrogen) atoms. The van der Waals surface area contributed by atoms with Gasteiger partial charge in [-0.2, -0.15) is 0 Å². The van der Waals surface area contributed by atoms with Gasteiger partial charge in [0.25, 0.3) is 0 Å². The van der Waals surface area contributed by atoms with E-state index in [1.165, 1.54) is 0 Å². The van der Waals surface area contributed by atoms with Crippen molar-refractivity contribution in [2.24, 2.45) is 0 Å². The van der Waals surface area contributed by atoms with Crippen molar-refractivity contribution in [2.75, 3.05) is 12.4 Å².